The number of sulfonamides is 1. The van der Waals surface area contributed by atoms with Crippen molar-refractivity contribution in [3.05, 3.63) is 59.7 Å². The second-order valence-corrected chi connectivity index (χ2v) is 8.95. The summed E-state index contributed by atoms with van der Waals surface area (Å²) in [6, 6.07) is 13.9. The summed E-state index contributed by atoms with van der Waals surface area (Å²) in [4.78, 5) is 12.5. The van der Waals surface area contributed by atoms with Gasteiger partial charge in [-0.1, -0.05) is 18.2 Å². The van der Waals surface area contributed by atoms with Crippen molar-refractivity contribution in [3.8, 4) is 5.75 Å². The van der Waals surface area contributed by atoms with Crippen LogP contribution in [0.25, 0.3) is 0 Å². The lowest BCUT2D eigenvalue weighted by molar-refractivity contribution is 0.0954. The zero-order chi connectivity index (χ0) is 20.1. The van der Waals surface area contributed by atoms with Crippen LogP contribution >= 0.6 is 0 Å². The van der Waals surface area contributed by atoms with E-state index in [0.717, 1.165) is 24.2 Å². The van der Waals surface area contributed by atoms with Crippen molar-refractivity contribution in [2.45, 2.75) is 50.2 Å². The molecular formula is C21H26N2O4S. The molecule has 6 nitrogen and oxygen atoms in total. The summed E-state index contributed by atoms with van der Waals surface area (Å²) in [5.74, 6) is 0.531. The summed E-state index contributed by atoms with van der Waals surface area (Å²) >= 11 is 0. The van der Waals surface area contributed by atoms with E-state index in [-0.39, 0.29) is 22.9 Å². The van der Waals surface area contributed by atoms with Gasteiger partial charge >= 0.3 is 0 Å². The highest BCUT2D eigenvalue weighted by Crippen LogP contribution is 2.22. The minimum atomic E-state index is -3.57. The van der Waals surface area contributed by atoms with Crippen LogP contribution in [0.3, 0.4) is 0 Å². The summed E-state index contributed by atoms with van der Waals surface area (Å²) in [6.07, 6.45) is 2.53. The lowest BCUT2D eigenvalue weighted by Gasteiger charge is -2.11. The Morgan fingerprint density at radius 3 is 2.50 bits per heavy atom. The average Bonchev–Trinajstić information content (AvgIpc) is 3.46. The molecule has 0 aromatic heterocycles. The lowest BCUT2D eigenvalue weighted by atomic mass is 10.1. The fourth-order valence-electron chi connectivity index (χ4n) is 2.72. The number of nitrogens with one attached hydrogen (secondary N) is 2. The molecule has 0 aliphatic heterocycles. The van der Waals surface area contributed by atoms with Crippen LogP contribution in [0.15, 0.2) is 53.4 Å². The molecule has 0 saturated heterocycles. The maximum absolute atomic E-state index is 12.4. The molecule has 0 bridgehead atoms. The maximum atomic E-state index is 12.4. The van der Waals surface area contributed by atoms with Crippen molar-refractivity contribution >= 4 is 15.9 Å². The van der Waals surface area contributed by atoms with Crippen LogP contribution in [0.2, 0.25) is 0 Å². The minimum absolute atomic E-state index is 0.0276. The topological polar surface area (TPSA) is 84.5 Å². The fourth-order valence-corrected chi connectivity index (χ4v) is 4.07. The van der Waals surface area contributed by atoms with Crippen molar-refractivity contribution in [1.29, 1.82) is 0 Å². The van der Waals surface area contributed by atoms with Gasteiger partial charge in [0, 0.05) is 18.2 Å². The zero-order valence-corrected chi connectivity index (χ0v) is 17.0. The first-order valence-corrected chi connectivity index (χ1v) is 11.0. The molecule has 150 valence electrons. The van der Waals surface area contributed by atoms with Gasteiger partial charge in [0.05, 0.1) is 11.0 Å². The minimum Gasteiger partial charge on any atom is -0.491 e. The van der Waals surface area contributed by atoms with E-state index in [9.17, 15) is 13.2 Å². The predicted octanol–water partition coefficient (Wildman–Crippen LogP) is 2.89. The molecule has 0 spiro atoms. The Morgan fingerprint density at radius 1 is 1.14 bits per heavy atom. The van der Waals surface area contributed by atoms with Crippen LogP contribution in [-0.2, 0) is 16.4 Å². The van der Waals surface area contributed by atoms with Crippen molar-refractivity contribution in [2.24, 2.45) is 0 Å². The van der Waals surface area contributed by atoms with Crippen molar-refractivity contribution in [3.63, 3.8) is 0 Å². The molecule has 1 saturated carbocycles. The quantitative estimate of drug-likeness (QED) is 0.675. The van der Waals surface area contributed by atoms with Gasteiger partial charge < -0.3 is 10.1 Å². The van der Waals surface area contributed by atoms with Gasteiger partial charge in [0.15, 0.2) is 0 Å². The van der Waals surface area contributed by atoms with Crippen LogP contribution in [0.1, 0.15) is 42.6 Å². The zero-order valence-electron chi connectivity index (χ0n) is 16.1. The fraction of sp³-hybridized carbons (Fsp3) is 0.381. The van der Waals surface area contributed by atoms with Crippen molar-refractivity contribution < 1.29 is 17.9 Å². The summed E-state index contributed by atoms with van der Waals surface area (Å²) in [5.41, 5.74) is 1.42. The molecule has 1 amide bonds. The highest BCUT2D eigenvalue weighted by molar-refractivity contribution is 7.89. The van der Waals surface area contributed by atoms with Gasteiger partial charge in [-0.25, -0.2) is 13.1 Å². The molecule has 2 N–H and O–H groups in total. The standard InChI is InChI=1S/C21H26N2O4S/c1-15(2)27-19-10-6-16(7-11-19)12-13-22-21(24)17-4-3-5-20(14-17)28(25,26)23-18-8-9-18/h3-7,10-11,14-15,18,23H,8-9,12-13H2,1-2H3,(H,22,24). The molecule has 0 unspecified atom stereocenters. The van der Waals surface area contributed by atoms with Gasteiger partial charge in [0.2, 0.25) is 10.0 Å². The molecule has 3 rings (SSSR count). The second-order valence-electron chi connectivity index (χ2n) is 7.24. The predicted molar refractivity (Wildman–Crippen MR) is 108 cm³/mol. The SMILES string of the molecule is CC(C)Oc1ccc(CCNC(=O)c2cccc(S(=O)(=O)NC3CC3)c2)cc1. The molecule has 2 aromatic rings. The van der Waals surface area contributed by atoms with E-state index in [1.54, 1.807) is 12.1 Å². The number of amides is 1. The van der Waals surface area contributed by atoms with E-state index in [2.05, 4.69) is 10.0 Å². The Kier molecular flexibility index (Phi) is 6.36. The summed E-state index contributed by atoms with van der Waals surface area (Å²) in [7, 11) is -3.57. The largest absolute Gasteiger partial charge is 0.491 e. The molecule has 1 aliphatic carbocycles. The molecule has 7 heteroatoms. The number of carbonyl (C=O) groups is 1. The Bertz CT molecular complexity index is 920. The molecule has 0 radical (unpaired) electrons. The van der Waals surface area contributed by atoms with Crippen molar-refractivity contribution in [1.82, 2.24) is 10.0 Å². The normalized spacial score (nSPS) is 14.1. The smallest absolute Gasteiger partial charge is 0.251 e. The van der Waals surface area contributed by atoms with Crippen molar-refractivity contribution in [2.75, 3.05) is 6.54 Å². The highest BCUT2D eigenvalue weighted by Gasteiger charge is 2.28. The van der Waals surface area contributed by atoms with E-state index in [4.69, 9.17) is 4.74 Å². The monoisotopic (exact) mass is 402 g/mol. The van der Waals surface area contributed by atoms with Crippen LogP contribution in [-0.4, -0.2) is 33.0 Å². The Labute approximate surface area is 166 Å². The summed E-state index contributed by atoms with van der Waals surface area (Å²) < 4.78 is 32.8. The summed E-state index contributed by atoms with van der Waals surface area (Å²) in [6.45, 7) is 4.41. The number of ether oxygens (including phenoxy) is 1. The molecule has 0 atom stereocenters. The number of benzene rings is 2. The lowest BCUT2D eigenvalue weighted by Crippen LogP contribution is -2.28. The van der Waals surface area contributed by atoms with Crippen LogP contribution in [0.5, 0.6) is 5.75 Å². The van der Waals surface area contributed by atoms with E-state index < -0.39 is 10.0 Å². The third kappa shape index (κ3) is 5.81. The molecule has 28 heavy (non-hydrogen) atoms. The first kappa shape index (κ1) is 20.4. The first-order valence-electron chi connectivity index (χ1n) is 9.50. The number of hydrogen-bond donors (Lipinski definition) is 2. The van der Waals surface area contributed by atoms with Gasteiger partial charge in [-0.05, 0) is 69.0 Å². The number of carbonyl (C=O) groups excluding carboxylic acids is 1. The third-order valence-corrected chi connectivity index (χ3v) is 5.82. The van der Waals surface area contributed by atoms with Gasteiger partial charge in [-0.15, -0.1) is 0 Å². The highest BCUT2D eigenvalue weighted by atomic mass is 32.2. The number of hydrogen-bond acceptors (Lipinski definition) is 4. The van der Waals surface area contributed by atoms with Crippen LogP contribution in [0.4, 0.5) is 0 Å². The van der Waals surface area contributed by atoms with Gasteiger partial charge in [-0.2, -0.15) is 0 Å². The first-order chi connectivity index (χ1) is 13.3. The average molecular weight is 403 g/mol. The Morgan fingerprint density at radius 2 is 1.86 bits per heavy atom. The molecule has 1 aliphatic rings. The van der Waals surface area contributed by atoms with E-state index in [1.165, 1.54) is 12.1 Å². The maximum Gasteiger partial charge on any atom is 0.251 e. The Hall–Kier alpha value is -2.38. The number of rotatable bonds is 9. The van der Waals surface area contributed by atoms with Gasteiger partial charge in [0.1, 0.15) is 5.75 Å². The molecule has 1 fully saturated rings. The summed E-state index contributed by atoms with van der Waals surface area (Å²) in [5, 5.41) is 2.84. The molecular weight excluding hydrogens is 376 g/mol. The van der Waals surface area contributed by atoms with E-state index in [1.807, 2.05) is 38.1 Å². The van der Waals surface area contributed by atoms with Gasteiger partial charge in [0.25, 0.3) is 5.91 Å². The molecule has 0 heterocycles. The third-order valence-electron chi connectivity index (χ3n) is 4.30. The molecule has 2 aromatic carbocycles. The van der Waals surface area contributed by atoms with Crippen LogP contribution < -0.4 is 14.8 Å². The van der Waals surface area contributed by atoms with E-state index in [0.29, 0.717) is 18.5 Å². The van der Waals surface area contributed by atoms with Crippen LogP contribution in [0, 0.1) is 0 Å². The second kappa shape index (κ2) is 8.75. The van der Waals surface area contributed by atoms with E-state index >= 15 is 0 Å². The Balaban J connectivity index is 1.54. The van der Waals surface area contributed by atoms with Gasteiger partial charge in [-0.3, -0.25) is 4.79 Å².